The third-order valence-electron chi connectivity index (χ3n) is 0.547. The number of hydrogen-bond acceptors (Lipinski definition) is 3. The van der Waals surface area contributed by atoms with Gasteiger partial charge in [0.15, 0.2) is 5.75 Å². The second-order valence-corrected chi connectivity index (χ2v) is 1.10. The average Bonchev–Trinajstić information content (AvgIpc) is 1.69. The van der Waals surface area contributed by atoms with Gasteiger partial charge in [0.1, 0.15) is 6.33 Å². The van der Waals surface area contributed by atoms with Gasteiger partial charge in [0.2, 0.25) is 0 Å². The van der Waals surface area contributed by atoms with Crippen LogP contribution in [0, 0.1) is 0 Å². The van der Waals surface area contributed by atoms with Gasteiger partial charge in [0.05, 0.1) is 12.4 Å². The van der Waals surface area contributed by atoms with Gasteiger partial charge < -0.3 is 5.11 Å². The van der Waals surface area contributed by atoms with Crippen molar-refractivity contribution < 1.29 is 5.11 Å². The zero-order valence-corrected chi connectivity index (χ0v) is 4.80. The highest BCUT2D eigenvalue weighted by Crippen LogP contribution is 1.96. The van der Waals surface area contributed by atoms with Crippen LogP contribution in [0.25, 0.3) is 0 Å². The first-order chi connectivity index (χ1) is 3.39. The molecule has 0 bridgehead atoms. The fourth-order valence-corrected chi connectivity index (χ4v) is 0.291. The summed E-state index contributed by atoms with van der Waals surface area (Å²) in [5.74, 6) is 0.0995. The van der Waals surface area contributed by atoms with Crippen molar-refractivity contribution in [2.75, 3.05) is 0 Å². The van der Waals surface area contributed by atoms with Crippen LogP contribution in [0.3, 0.4) is 0 Å². The number of nitrogens with zero attached hydrogens (tertiary/aromatic N) is 2. The Bertz CT molecular complexity index is 144. The van der Waals surface area contributed by atoms with Crippen LogP contribution in [0.2, 0.25) is 0 Å². The molecule has 0 saturated carbocycles. The monoisotopic (exact) mass is 132 g/mol. The van der Waals surface area contributed by atoms with Crippen molar-refractivity contribution in [3.05, 3.63) is 18.7 Å². The summed E-state index contributed by atoms with van der Waals surface area (Å²) in [4.78, 5) is 7.05. The van der Waals surface area contributed by atoms with Gasteiger partial charge in [-0.15, -0.1) is 12.4 Å². The lowest BCUT2D eigenvalue weighted by molar-refractivity contribution is 0.469. The maximum absolute atomic E-state index is 8.51. The van der Waals surface area contributed by atoms with E-state index in [9.17, 15) is 0 Å². The Labute approximate surface area is 52.8 Å². The molecular weight excluding hydrogens is 128 g/mol. The van der Waals surface area contributed by atoms with Gasteiger partial charge in [-0.05, 0) is 0 Å². The standard InChI is InChI=1S/C4H4N2O.ClH/c7-4-1-5-3-6-2-4;/h1-3,7H;1H. The molecule has 1 aromatic rings. The van der Waals surface area contributed by atoms with E-state index < -0.39 is 0 Å². The number of aromatic nitrogens is 2. The SMILES string of the molecule is Cl.Oc1cncnc1. The van der Waals surface area contributed by atoms with E-state index in [1.54, 1.807) is 0 Å². The molecule has 0 aliphatic heterocycles. The topological polar surface area (TPSA) is 46.0 Å². The fourth-order valence-electron chi connectivity index (χ4n) is 0.291. The third-order valence-corrected chi connectivity index (χ3v) is 0.547. The first-order valence-corrected chi connectivity index (χ1v) is 1.83. The van der Waals surface area contributed by atoms with Gasteiger partial charge in [-0.25, -0.2) is 9.97 Å². The molecule has 1 aromatic heterocycles. The molecule has 0 fully saturated rings. The molecule has 44 valence electrons. The van der Waals surface area contributed by atoms with Crippen LogP contribution in [0.15, 0.2) is 18.7 Å². The molecule has 0 aliphatic carbocycles. The van der Waals surface area contributed by atoms with Crippen LogP contribution in [0.4, 0.5) is 0 Å². The van der Waals surface area contributed by atoms with Gasteiger partial charge in [-0.1, -0.05) is 0 Å². The molecule has 1 N–H and O–H groups in total. The Hall–Kier alpha value is -0.830. The summed E-state index contributed by atoms with van der Waals surface area (Å²) >= 11 is 0. The van der Waals surface area contributed by atoms with Crippen LogP contribution >= 0.6 is 12.4 Å². The van der Waals surface area contributed by atoms with Crippen molar-refractivity contribution in [2.45, 2.75) is 0 Å². The molecule has 0 aliphatic rings. The van der Waals surface area contributed by atoms with Crippen LogP contribution in [-0.2, 0) is 0 Å². The molecule has 0 aromatic carbocycles. The summed E-state index contributed by atoms with van der Waals surface area (Å²) in [6.45, 7) is 0. The van der Waals surface area contributed by atoms with Crippen LogP contribution in [0.5, 0.6) is 5.75 Å². The van der Waals surface area contributed by atoms with Gasteiger partial charge in [-0.2, -0.15) is 0 Å². The highest BCUT2D eigenvalue weighted by atomic mass is 35.5. The van der Waals surface area contributed by atoms with Crippen molar-refractivity contribution in [3.63, 3.8) is 0 Å². The molecule has 0 radical (unpaired) electrons. The largest absolute Gasteiger partial charge is 0.505 e. The van der Waals surface area contributed by atoms with E-state index in [4.69, 9.17) is 5.11 Å². The molecular formula is C4H5ClN2O. The molecule has 0 spiro atoms. The van der Waals surface area contributed by atoms with Crippen molar-refractivity contribution in [1.82, 2.24) is 9.97 Å². The van der Waals surface area contributed by atoms with E-state index in [-0.39, 0.29) is 18.2 Å². The van der Waals surface area contributed by atoms with Crippen molar-refractivity contribution >= 4 is 12.4 Å². The predicted molar refractivity (Wildman–Crippen MR) is 30.9 cm³/mol. The van der Waals surface area contributed by atoms with Gasteiger partial charge in [0.25, 0.3) is 0 Å². The van der Waals surface area contributed by atoms with E-state index in [1.165, 1.54) is 18.7 Å². The number of rotatable bonds is 0. The summed E-state index contributed by atoms with van der Waals surface area (Å²) in [6, 6.07) is 0. The number of hydrogen-bond donors (Lipinski definition) is 1. The smallest absolute Gasteiger partial charge is 0.152 e. The first kappa shape index (κ1) is 7.17. The fraction of sp³-hybridized carbons (Fsp3) is 0. The lowest BCUT2D eigenvalue weighted by Crippen LogP contribution is -1.70. The van der Waals surface area contributed by atoms with E-state index in [1.807, 2.05) is 0 Å². The maximum atomic E-state index is 8.51. The predicted octanol–water partition coefficient (Wildman–Crippen LogP) is 0.604. The second-order valence-electron chi connectivity index (χ2n) is 1.10. The maximum Gasteiger partial charge on any atom is 0.152 e. The Morgan fingerprint density at radius 2 is 1.75 bits per heavy atom. The van der Waals surface area contributed by atoms with Crippen molar-refractivity contribution in [2.24, 2.45) is 0 Å². The first-order valence-electron chi connectivity index (χ1n) is 1.83. The van der Waals surface area contributed by atoms with Crippen LogP contribution < -0.4 is 0 Å². The van der Waals surface area contributed by atoms with E-state index >= 15 is 0 Å². The third kappa shape index (κ3) is 1.75. The Balaban J connectivity index is 0.000000490. The zero-order chi connectivity index (χ0) is 5.11. The summed E-state index contributed by atoms with van der Waals surface area (Å²) in [7, 11) is 0. The average molecular weight is 133 g/mol. The minimum absolute atomic E-state index is 0. The van der Waals surface area contributed by atoms with Crippen LogP contribution in [0.1, 0.15) is 0 Å². The second kappa shape index (κ2) is 3.21. The lowest BCUT2D eigenvalue weighted by Gasteiger charge is -1.81. The molecule has 0 unspecified atom stereocenters. The Morgan fingerprint density at radius 1 is 1.25 bits per heavy atom. The van der Waals surface area contributed by atoms with E-state index in [0.717, 1.165) is 0 Å². The molecule has 0 amide bonds. The highest BCUT2D eigenvalue weighted by molar-refractivity contribution is 5.85. The molecule has 8 heavy (non-hydrogen) atoms. The molecule has 0 saturated heterocycles. The van der Waals surface area contributed by atoms with E-state index in [2.05, 4.69) is 9.97 Å². The molecule has 1 rings (SSSR count). The minimum Gasteiger partial charge on any atom is -0.505 e. The number of halogens is 1. The number of aromatic hydroxyl groups is 1. The molecule has 4 heteroatoms. The normalized spacial score (nSPS) is 7.50. The van der Waals surface area contributed by atoms with Gasteiger partial charge >= 0.3 is 0 Å². The Morgan fingerprint density at radius 3 is 2.00 bits per heavy atom. The summed E-state index contributed by atoms with van der Waals surface area (Å²) in [5.41, 5.74) is 0. The van der Waals surface area contributed by atoms with E-state index in [0.29, 0.717) is 0 Å². The highest BCUT2D eigenvalue weighted by Gasteiger charge is 1.77. The van der Waals surface area contributed by atoms with Gasteiger partial charge in [0, 0.05) is 0 Å². The Kier molecular flexibility index (Phi) is 2.88. The molecule has 3 nitrogen and oxygen atoms in total. The summed E-state index contributed by atoms with van der Waals surface area (Å²) in [6.07, 6.45) is 4.01. The molecule has 1 heterocycles. The summed E-state index contributed by atoms with van der Waals surface area (Å²) < 4.78 is 0. The summed E-state index contributed by atoms with van der Waals surface area (Å²) in [5, 5.41) is 8.51. The van der Waals surface area contributed by atoms with Crippen molar-refractivity contribution in [1.29, 1.82) is 0 Å². The molecule has 0 atom stereocenters. The van der Waals surface area contributed by atoms with Gasteiger partial charge in [-0.3, -0.25) is 0 Å². The van der Waals surface area contributed by atoms with Crippen LogP contribution in [-0.4, -0.2) is 15.1 Å². The zero-order valence-electron chi connectivity index (χ0n) is 3.98. The quantitative estimate of drug-likeness (QED) is 0.563. The minimum atomic E-state index is 0. The lowest BCUT2D eigenvalue weighted by atomic mass is 10.6. The van der Waals surface area contributed by atoms with Crippen molar-refractivity contribution in [3.8, 4) is 5.75 Å².